The zero-order valence-corrected chi connectivity index (χ0v) is 13.5. The molecule has 2 aromatic rings. The molecule has 1 fully saturated rings. The molecule has 2 N–H and O–H groups in total. The van der Waals surface area contributed by atoms with Crippen molar-refractivity contribution in [3.05, 3.63) is 29.6 Å². The Morgan fingerprint density at radius 2 is 1.90 bits per heavy atom. The molecule has 3 nitrogen and oxygen atoms in total. The highest BCUT2D eigenvalue weighted by Gasteiger charge is 2.27. The van der Waals surface area contributed by atoms with Crippen LogP contribution in [0.4, 0.5) is 0 Å². The van der Waals surface area contributed by atoms with Gasteiger partial charge >= 0.3 is 0 Å². The number of aromatic nitrogens is 2. The number of nitrogens with two attached hydrogens (primary N) is 1. The number of nitrogens with zero attached hydrogens (tertiary/aromatic N) is 2. The Bertz CT molecular complexity index is 621. The first kappa shape index (κ1) is 14.6. The molecule has 0 bridgehead atoms. The van der Waals surface area contributed by atoms with Crippen molar-refractivity contribution in [3.8, 4) is 0 Å². The van der Waals surface area contributed by atoms with Crippen molar-refractivity contribution < 1.29 is 0 Å². The van der Waals surface area contributed by atoms with Crippen molar-refractivity contribution in [2.75, 3.05) is 0 Å². The van der Waals surface area contributed by atoms with Gasteiger partial charge in [0.15, 0.2) is 0 Å². The maximum Gasteiger partial charge on any atom is 0.127 e. The molecular weight excluding hydrogens is 258 g/mol. The Kier molecular flexibility index (Phi) is 4.03. The molecule has 1 aliphatic rings. The average Bonchev–Trinajstić information content (AvgIpc) is 2.85. The van der Waals surface area contributed by atoms with Gasteiger partial charge in [0.05, 0.1) is 17.1 Å². The Labute approximate surface area is 127 Å². The summed E-state index contributed by atoms with van der Waals surface area (Å²) in [7, 11) is 0. The van der Waals surface area contributed by atoms with Gasteiger partial charge < -0.3 is 10.3 Å². The van der Waals surface area contributed by atoms with E-state index in [4.69, 9.17) is 10.7 Å². The van der Waals surface area contributed by atoms with Gasteiger partial charge in [-0.05, 0) is 57.2 Å². The summed E-state index contributed by atoms with van der Waals surface area (Å²) in [6.07, 6.45) is 6.50. The molecule has 1 aromatic heterocycles. The lowest BCUT2D eigenvalue weighted by Crippen LogP contribution is -2.27. The molecule has 0 saturated heterocycles. The molecule has 21 heavy (non-hydrogen) atoms. The van der Waals surface area contributed by atoms with E-state index >= 15 is 0 Å². The minimum absolute atomic E-state index is 0.0698. The molecule has 3 heteroatoms. The number of rotatable bonds is 3. The van der Waals surface area contributed by atoms with E-state index in [1.165, 1.54) is 43.2 Å². The quantitative estimate of drug-likeness (QED) is 0.902. The molecule has 3 rings (SSSR count). The third kappa shape index (κ3) is 2.71. The average molecular weight is 285 g/mol. The first-order valence-corrected chi connectivity index (χ1v) is 8.32. The van der Waals surface area contributed by atoms with E-state index in [2.05, 4.69) is 43.5 Å². The van der Waals surface area contributed by atoms with Gasteiger partial charge in [0.2, 0.25) is 0 Å². The fraction of sp³-hybridized carbons (Fsp3) is 0.611. The molecule has 1 saturated carbocycles. The zero-order valence-electron chi connectivity index (χ0n) is 13.5. The number of hydrogen-bond donors (Lipinski definition) is 1. The van der Waals surface area contributed by atoms with Crippen molar-refractivity contribution in [1.82, 2.24) is 9.55 Å². The molecule has 1 atom stereocenters. The van der Waals surface area contributed by atoms with E-state index in [1.54, 1.807) is 0 Å². The highest BCUT2D eigenvalue weighted by molar-refractivity contribution is 5.77. The first-order chi connectivity index (χ1) is 10.1. The minimum Gasteiger partial charge on any atom is -0.324 e. The SMILES string of the molecule is Cc1ccc2c(c1)nc(C(N)C1CCCCC1)n2C(C)C. The Hall–Kier alpha value is -1.35. The summed E-state index contributed by atoms with van der Waals surface area (Å²) in [6, 6.07) is 6.99. The molecule has 1 unspecified atom stereocenters. The second kappa shape index (κ2) is 5.80. The van der Waals surface area contributed by atoms with Crippen LogP contribution >= 0.6 is 0 Å². The summed E-state index contributed by atoms with van der Waals surface area (Å²) in [5, 5.41) is 0. The lowest BCUT2D eigenvalue weighted by atomic mass is 9.84. The van der Waals surface area contributed by atoms with Gasteiger partial charge in [-0.2, -0.15) is 0 Å². The van der Waals surface area contributed by atoms with Crippen molar-refractivity contribution in [1.29, 1.82) is 0 Å². The van der Waals surface area contributed by atoms with Crippen LogP contribution in [0, 0.1) is 12.8 Å². The topological polar surface area (TPSA) is 43.8 Å². The third-order valence-corrected chi connectivity index (χ3v) is 4.84. The van der Waals surface area contributed by atoms with Crippen LogP contribution in [0.5, 0.6) is 0 Å². The van der Waals surface area contributed by atoms with E-state index in [1.807, 2.05) is 0 Å². The summed E-state index contributed by atoms with van der Waals surface area (Å²) < 4.78 is 2.34. The number of imidazole rings is 1. The molecule has 0 spiro atoms. The molecule has 114 valence electrons. The Balaban J connectivity index is 2.05. The Morgan fingerprint density at radius 3 is 2.57 bits per heavy atom. The fourth-order valence-electron chi connectivity index (χ4n) is 3.71. The highest BCUT2D eigenvalue weighted by Crippen LogP contribution is 2.35. The standard InChI is InChI=1S/C18H27N3/c1-12(2)21-16-10-9-13(3)11-15(16)20-18(21)17(19)14-7-5-4-6-8-14/h9-12,14,17H,4-8,19H2,1-3H3. The molecule has 1 aliphatic carbocycles. The van der Waals surface area contributed by atoms with E-state index < -0.39 is 0 Å². The van der Waals surface area contributed by atoms with Gasteiger partial charge in [-0.15, -0.1) is 0 Å². The maximum atomic E-state index is 6.63. The van der Waals surface area contributed by atoms with Crippen LogP contribution in [-0.2, 0) is 0 Å². The van der Waals surface area contributed by atoms with Crippen LogP contribution in [0.3, 0.4) is 0 Å². The molecule has 0 aliphatic heterocycles. The van der Waals surface area contributed by atoms with Crippen LogP contribution in [0.2, 0.25) is 0 Å². The highest BCUT2D eigenvalue weighted by atomic mass is 15.1. The molecule has 0 radical (unpaired) electrons. The molecule has 0 amide bonds. The molecule has 1 heterocycles. The first-order valence-electron chi connectivity index (χ1n) is 8.32. The number of aryl methyl sites for hydroxylation is 1. The van der Waals surface area contributed by atoms with E-state index in [9.17, 15) is 0 Å². The van der Waals surface area contributed by atoms with Crippen LogP contribution in [0.1, 0.15) is 69.4 Å². The maximum absolute atomic E-state index is 6.63. The van der Waals surface area contributed by atoms with Crippen molar-refractivity contribution in [2.45, 2.75) is 65.0 Å². The van der Waals surface area contributed by atoms with Gasteiger partial charge in [-0.25, -0.2) is 4.98 Å². The normalized spacial score (nSPS) is 18.5. The van der Waals surface area contributed by atoms with Crippen LogP contribution in [0.25, 0.3) is 11.0 Å². The van der Waals surface area contributed by atoms with Crippen molar-refractivity contribution >= 4 is 11.0 Å². The van der Waals surface area contributed by atoms with E-state index in [0.717, 1.165) is 11.3 Å². The predicted octanol–water partition coefficient (Wildman–Crippen LogP) is 4.51. The summed E-state index contributed by atoms with van der Waals surface area (Å²) >= 11 is 0. The smallest absolute Gasteiger partial charge is 0.127 e. The summed E-state index contributed by atoms with van der Waals surface area (Å²) in [4.78, 5) is 4.91. The lowest BCUT2D eigenvalue weighted by molar-refractivity contribution is 0.294. The summed E-state index contributed by atoms with van der Waals surface area (Å²) in [5.41, 5.74) is 10.2. The number of benzene rings is 1. The van der Waals surface area contributed by atoms with Crippen molar-refractivity contribution in [3.63, 3.8) is 0 Å². The van der Waals surface area contributed by atoms with Crippen molar-refractivity contribution in [2.24, 2.45) is 11.7 Å². The van der Waals surface area contributed by atoms with Gasteiger partial charge in [0.25, 0.3) is 0 Å². The third-order valence-electron chi connectivity index (χ3n) is 4.84. The largest absolute Gasteiger partial charge is 0.324 e. The van der Waals surface area contributed by atoms with Gasteiger partial charge in [-0.1, -0.05) is 25.3 Å². The second-order valence-electron chi connectivity index (χ2n) is 6.85. The molecule has 1 aromatic carbocycles. The summed E-state index contributed by atoms with van der Waals surface area (Å²) in [6.45, 7) is 6.56. The fourth-order valence-corrected chi connectivity index (χ4v) is 3.71. The monoisotopic (exact) mass is 285 g/mol. The zero-order chi connectivity index (χ0) is 15.0. The second-order valence-corrected chi connectivity index (χ2v) is 6.85. The van der Waals surface area contributed by atoms with Gasteiger partial charge in [0.1, 0.15) is 5.82 Å². The van der Waals surface area contributed by atoms with E-state index in [-0.39, 0.29) is 6.04 Å². The molecular formula is C18H27N3. The van der Waals surface area contributed by atoms with E-state index in [0.29, 0.717) is 12.0 Å². The van der Waals surface area contributed by atoms with Gasteiger partial charge in [0, 0.05) is 6.04 Å². The predicted molar refractivity (Wildman–Crippen MR) is 88.4 cm³/mol. The van der Waals surface area contributed by atoms with Crippen LogP contribution < -0.4 is 5.73 Å². The Morgan fingerprint density at radius 1 is 1.19 bits per heavy atom. The van der Waals surface area contributed by atoms with Gasteiger partial charge in [-0.3, -0.25) is 0 Å². The van der Waals surface area contributed by atoms with Crippen LogP contribution in [0.15, 0.2) is 18.2 Å². The number of fused-ring (bicyclic) bond motifs is 1. The number of hydrogen-bond acceptors (Lipinski definition) is 2. The minimum atomic E-state index is 0.0698. The summed E-state index contributed by atoms with van der Waals surface area (Å²) in [5.74, 6) is 1.67. The lowest BCUT2D eigenvalue weighted by Gasteiger charge is -2.28. The van der Waals surface area contributed by atoms with Crippen LogP contribution in [-0.4, -0.2) is 9.55 Å².